The molecule has 1 fully saturated rings. The highest BCUT2D eigenvalue weighted by molar-refractivity contribution is 7.99. The van der Waals surface area contributed by atoms with E-state index in [4.69, 9.17) is 0 Å². The summed E-state index contributed by atoms with van der Waals surface area (Å²) in [5.41, 5.74) is 2.08. The van der Waals surface area contributed by atoms with Gasteiger partial charge in [-0.1, -0.05) is 29.8 Å². The maximum absolute atomic E-state index is 11.6. The molecule has 1 aromatic carbocycles. The van der Waals surface area contributed by atoms with Gasteiger partial charge in [-0.05, 0) is 12.5 Å². The number of aryl methyl sites for hydroxylation is 1. The molecular weight excluding hydrogens is 250 g/mol. The fraction of sp³-hybridized carbons (Fsp3) is 0.385. The van der Waals surface area contributed by atoms with Gasteiger partial charge in [0.1, 0.15) is 5.37 Å². The van der Waals surface area contributed by atoms with Crippen LogP contribution in [0.5, 0.6) is 0 Å². The lowest BCUT2D eigenvalue weighted by atomic mass is 10.1. The molecule has 0 aliphatic carbocycles. The smallest absolute Gasteiger partial charge is 0.221 e. The lowest BCUT2D eigenvalue weighted by Gasteiger charge is -2.29. The minimum Gasteiger partial charge on any atom is -0.548 e. The third-order valence-corrected chi connectivity index (χ3v) is 4.32. The molecule has 0 radical (unpaired) electrons. The monoisotopic (exact) mass is 264 g/mol. The molecule has 0 saturated carbocycles. The Bertz CT molecular complexity index is 472. The van der Waals surface area contributed by atoms with E-state index in [0.717, 1.165) is 11.1 Å². The van der Waals surface area contributed by atoms with E-state index in [2.05, 4.69) is 0 Å². The van der Waals surface area contributed by atoms with Crippen LogP contribution < -0.4 is 5.11 Å². The highest BCUT2D eigenvalue weighted by Crippen LogP contribution is 2.41. The van der Waals surface area contributed by atoms with E-state index in [1.807, 2.05) is 31.2 Å². The molecule has 2 atom stereocenters. The number of benzene rings is 1. The second-order valence-corrected chi connectivity index (χ2v) is 5.47. The zero-order valence-electron chi connectivity index (χ0n) is 10.3. The Balaban J connectivity index is 2.30. The van der Waals surface area contributed by atoms with Gasteiger partial charge in [-0.2, -0.15) is 0 Å². The van der Waals surface area contributed by atoms with Gasteiger partial charge in [0.15, 0.2) is 0 Å². The molecule has 1 aromatic rings. The molecule has 0 bridgehead atoms. The predicted octanol–water partition coefficient (Wildman–Crippen LogP) is 0.707. The second kappa shape index (κ2) is 5.02. The van der Waals surface area contributed by atoms with E-state index in [1.165, 1.54) is 23.6 Å². The van der Waals surface area contributed by atoms with E-state index in [1.54, 1.807) is 0 Å². The van der Waals surface area contributed by atoms with Crippen molar-refractivity contribution in [2.75, 3.05) is 5.75 Å². The number of amides is 1. The Morgan fingerprint density at radius 3 is 2.44 bits per heavy atom. The quantitative estimate of drug-likeness (QED) is 0.789. The lowest BCUT2D eigenvalue weighted by molar-refractivity contribution is -0.310. The lowest BCUT2D eigenvalue weighted by Crippen LogP contribution is -2.48. The SMILES string of the molecule is CC(=O)N1[C@@H](c2ccc(C)cc2)SC[C@H]1C(=O)[O-]. The molecule has 96 valence electrons. The Morgan fingerprint density at radius 1 is 1.33 bits per heavy atom. The Kier molecular flexibility index (Phi) is 3.61. The van der Waals surface area contributed by atoms with Gasteiger partial charge in [0.2, 0.25) is 5.91 Å². The van der Waals surface area contributed by atoms with Gasteiger partial charge in [-0.3, -0.25) is 4.79 Å². The normalized spacial score (nSPS) is 23.1. The molecule has 1 saturated heterocycles. The first kappa shape index (κ1) is 13.0. The number of rotatable bonds is 2. The summed E-state index contributed by atoms with van der Waals surface area (Å²) in [6.07, 6.45) is 0. The van der Waals surface area contributed by atoms with Crippen LogP contribution in [0.4, 0.5) is 0 Å². The van der Waals surface area contributed by atoms with Crippen molar-refractivity contribution in [3.05, 3.63) is 35.4 Å². The Hall–Kier alpha value is -1.49. The summed E-state index contributed by atoms with van der Waals surface area (Å²) in [7, 11) is 0. The van der Waals surface area contributed by atoms with Gasteiger partial charge >= 0.3 is 0 Å². The topological polar surface area (TPSA) is 60.4 Å². The first-order valence-electron chi connectivity index (χ1n) is 5.68. The molecule has 0 N–H and O–H groups in total. The van der Waals surface area contributed by atoms with Crippen molar-refractivity contribution in [2.45, 2.75) is 25.3 Å². The van der Waals surface area contributed by atoms with Crippen LogP contribution in [-0.4, -0.2) is 28.6 Å². The van der Waals surface area contributed by atoms with Crippen LogP contribution in [0.15, 0.2) is 24.3 Å². The van der Waals surface area contributed by atoms with Crippen molar-refractivity contribution < 1.29 is 14.7 Å². The number of carboxylic acid groups (broad SMARTS) is 1. The molecule has 18 heavy (non-hydrogen) atoms. The van der Waals surface area contributed by atoms with Gasteiger partial charge in [-0.25, -0.2) is 0 Å². The number of carbonyl (C=O) groups is 2. The fourth-order valence-corrected chi connectivity index (χ4v) is 3.53. The highest BCUT2D eigenvalue weighted by Gasteiger charge is 2.37. The standard InChI is InChI=1S/C13H15NO3S/c1-8-3-5-10(6-4-8)12-14(9(2)15)11(7-18-12)13(16)17/h3-6,11-12H,7H2,1-2H3,(H,16,17)/p-1/t11-,12+/m0/s1. The molecule has 2 rings (SSSR count). The molecule has 0 spiro atoms. The molecule has 1 aliphatic heterocycles. The summed E-state index contributed by atoms with van der Waals surface area (Å²) < 4.78 is 0. The Morgan fingerprint density at radius 2 is 1.94 bits per heavy atom. The van der Waals surface area contributed by atoms with Gasteiger partial charge < -0.3 is 14.8 Å². The van der Waals surface area contributed by atoms with Crippen molar-refractivity contribution in [3.8, 4) is 0 Å². The molecule has 4 nitrogen and oxygen atoms in total. The van der Waals surface area contributed by atoms with Crippen LogP contribution in [0.25, 0.3) is 0 Å². The molecular formula is C13H14NO3S-. The molecule has 1 heterocycles. The van der Waals surface area contributed by atoms with E-state index >= 15 is 0 Å². The number of thioether (sulfide) groups is 1. The summed E-state index contributed by atoms with van der Waals surface area (Å²) in [6, 6.07) is 6.95. The van der Waals surface area contributed by atoms with E-state index in [-0.39, 0.29) is 11.3 Å². The van der Waals surface area contributed by atoms with Gasteiger partial charge in [0.25, 0.3) is 0 Å². The van der Waals surface area contributed by atoms with Gasteiger partial charge in [-0.15, -0.1) is 11.8 Å². The number of aliphatic carboxylic acids is 1. The molecule has 5 heteroatoms. The number of nitrogens with zero attached hydrogens (tertiary/aromatic N) is 1. The molecule has 1 aliphatic rings. The summed E-state index contributed by atoms with van der Waals surface area (Å²) in [5, 5.41) is 10.8. The summed E-state index contributed by atoms with van der Waals surface area (Å²) in [6.45, 7) is 3.38. The van der Waals surface area contributed by atoms with Gasteiger partial charge in [0.05, 0.1) is 12.0 Å². The number of hydrogen-bond donors (Lipinski definition) is 0. The fourth-order valence-electron chi connectivity index (χ4n) is 2.06. The predicted molar refractivity (Wildman–Crippen MR) is 67.7 cm³/mol. The van der Waals surface area contributed by atoms with E-state index in [9.17, 15) is 14.7 Å². The van der Waals surface area contributed by atoms with Crippen molar-refractivity contribution in [1.29, 1.82) is 0 Å². The van der Waals surface area contributed by atoms with Crippen molar-refractivity contribution >= 4 is 23.6 Å². The first-order valence-corrected chi connectivity index (χ1v) is 6.73. The van der Waals surface area contributed by atoms with Crippen LogP contribution >= 0.6 is 11.8 Å². The zero-order chi connectivity index (χ0) is 13.3. The number of hydrogen-bond acceptors (Lipinski definition) is 4. The average molecular weight is 264 g/mol. The first-order chi connectivity index (χ1) is 8.50. The zero-order valence-corrected chi connectivity index (χ0v) is 11.1. The molecule has 1 amide bonds. The molecule has 0 unspecified atom stereocenters. The van der Waals surface area contributed by atoms with Crippen LogP contribution in [0.1, 0.15) is 23.4 Å². The summed E-state index contributed by atoms with van der Waals surface area (Å²) in [4.78, 5) is 24.1. The molecule has 0 aromatic heterocycles. The van der Waals surface area contributed by atoms with E-state index < -0.39 is 12.0 Å². The maximum Gasteiger partial charge on any atom is 0.221 e. The average Bonchev–Trinajstić information content (AvgIpc) is 2.74. The minimum absolute atomic E-state index is 0.231. The maximum atomic E-state index is 11.6. The van der Waals surface area contributed by atoms with Crippen LogP contribution in [0.3, 0.4) is 0 Å². The van der Waals surface area contributed by atoms with Crippen LogP contribution in [-0.2, 0) is 9.59 Å². The number of carbonyl (C=O) groups excluding carboxylic acids is 2. The largest absolute Gasteiger partial charge is 0.548 e. The third kappa shape index (κ3) is 2.36. The second-order valence-electron chi connectivity index (χ2n) is 4.36. The minimum atomic E-state index is -1.19. The van der Waals surface area contributed by atoms with Crippen molar-refractivity contribution in [1.82, 2.24) is 4.90 Å². The summed E-state index contributed by atoms with van der Waals surface area (Å²) >= 11 is 1.46. The van der Waals surface area contributed by atoms with Crippen molar-refractivity contribution in [2.24, 2.45) is 0 Å². The van der Waals surface area contributed by atoms with E-state index in [0.29, 0.717) is 5.75 Å². The third-order valence-electron chi connectivity index (χ3n) is 3.00. The number of carboxylic acids is 1. The van der Waals surface area contributed by atoms with Crippen molar-refractivity contribution in [3.63, 3.8) is 0 Å². The van der Waals surface area contributed by atoms with Crippen LogP contribution in [0.2, 0.25) is 0 Å². The van der Waals surface area contributed by atoms with Gasteiger partial charge in [0, 0.05) is 12.7 Å². The highest BCUT2D eigenvalue weighted by atomic mass is 32.2. The summed E-state index contributed by atoms with van der Waals surface area (Å²) in [5.74, 6) is -1.05. The van der Waals surface area contributed by atoms with Crippen LogP contribution in [0, 0.1) is 6.92 Å². The Labute approximate surface area is 110 Å².